The number of imidazole rings is 2. The summed E-state index contributed by atoms with van der Waals surface area (Å²) in [6.45, 7) is 0.109. The van der Waals surface area contributed by atoms with Gasteiger partial charge in [0.15, 0.2) is 0 Å². The number of carbonyl (C=O) groups excluding carboxylic acids is 3. The van der Waals surface area contributed by atoms with Gasteiger partial charge in [0.2, 0.25) is 5.91 Å². The molecule has 4 aromatic carbocycles. The lowest BCUT2D eigenvalue weighted by atomic mass is 10.1. The molecule has 53 heavy (non-hydrogen) atoms. The van der Waals surface area contributed by atoms with E-state index in [-0.39, 0.29) is 42.4 Å². The molecule has 15 heteroatoms. The minimum atomic E-state index is -0.359. The van der Waals surface area contributed by atoms with Crippen molar-refractivity contribution in [1.29, 1.82) is 10.8 Å². The molecule has 7 rings (SSSR count). The van der Waals surface area contributed by atoms with Crippen LogP contribution in [-0.2, 0) is 11.8 Å². The van der Waals surface area contributed by atoms with E-state index in [1.54, 1.807) is 96.7 Å². The van der Waals surface area contributed by atoms with Crippen LogP contribution >= 0.6 is 0 Å². The molecule has 0 spiro atoms. The summed E-state index contributed by atoms with van der Waals surface area (Å²) in [4.78, 5) is 54.1. The van der Waals surface area contributed by atoms with Crippen molar-refractivity contribution < 1.29 is 14.4 Å². The summed E-state index contributed by atoms with van der Waals surface area (Å²) in [5.41, 5.74) is 18.7. The fraction of sp³-hybridized carbons (Fsp3) is 0.0789. The summed E-state index contributed by atoms with van der Waals surface area (Å²) < 4.78 is 1.61. The first-order chi connectivity index (χ1) is 25.5. The standard InChI is InChI=1S/C38H34N12O3/c1-50-19-26(18-31(50)38(53)45-25-10-6-21(7-11-25)36-47-28-13-9-24(34(41)42)17-30(28)49-36)44-32(51)14-15-43-37(52)22-4-2-20(3-5-22)35-46-27-12-8-23(33(39)40)16-29(27)48-35/h2-13,16-19H,14-15H2,1H3,(H3,39,40)(H3,41,42)(H,43,52)(H,44,51)(H,45,53)(H,46,48)(H,47,49). The first kappa shape index (κ1) is 33.9. The van der Waals surface area contributed by atoms with E-state index in [9.17, 15) is 14.4 Å². The van der Waals surface area contributed by atoms with Crippen molar-refractivity contribution in [2.24, 2.45) is 18.5 Å². The van der Waals surface area contributed by atoms with E-state index in [1.165, 1.54) is 0 Å². The van der Waals surface area contributed by atoms with Crippen molar-refractivity contribution in [1.82, 2.24) is 29.8 Å². The van der Waals surface area contributed by atoms with Gasteiger partial charge in [-0.2, -0.15) is 0 Å². The van der Waals surface area contributed by atoms with Crippen LogP contribution in [0.3, 0.4) is 0 Å². The highest BCUT2D eigenvalue weighted by Gasteiger charge is 2.15. The van der Waals surface area contributed by atoms with Gasteiger partial charge < -0.3 is 42.0 Å². The molecule has 15 nitrogen and oxygen atoms in total. The second-order valence-electron chi connectivity index (χ2n) is 12.3. The Morgan fingerprint density at radius 1 is 0.679 bits per heavy atom. The Hall–Kier alpha value is -7.55. The number of aryl methyl sites for hydroxylation is 1. The van der Waals surface area contributed by atoms with Gasteiger partial charge in [-0.25, -0.2) is 9.97 Å². The van der Waals surface area contributed by atoms with Gasteiger partial charge in [0.25, 0.3) is 11.8 Å². The zero-order valence-corrected chi connectivity index (χ0v) is 28.4. The van der Waals surface area contributed by atoms with Gasteiger partial charge in [-0.3, -0.25) is 25.2 Å². The SMILES string of the molecule is Cn1cc(NC(=O)CCNC(=O)c2ccc(-c3nc4ccc(C(=N)N)cc4[nH]3)cc2)cc1C(=O)Nc1ccc(-c2nc3ccc(C(=N)N)cc3[nH]2)cc1. The lowest BCUT2D eigenvalue weighted by Crippen LogP contribution is -2.27. The molecule has 0 bridgehead atoms. The fourth-order valence-electron chi connectivity index (χ4n) is 5.79. The normalized spacial score (nSPS) is 11.0. The number of rotatable bonds is 11. The number of carbonyl (C=O) groups is 3. The van der Waals surface area contributed by atoms with E-state index in [0.717, 1.165) is 33.2 Å². The summed E-state index contributed by atoms with van der Waals surface area (Å²) in [6, 6.07) is 26.3. The van der Waals surface area contributed by atoms with Gasteiger partial charge in [-0.15, -0.1) is 0 Å². The number of nitrogens with two attached hydrogens (primary N) is 2. The van der Waals surface area contributed by atoms with Crippen LogP contribution < -0.4 is 27.4 Å². The molecule has 0 radical (unpaired) electrons. The molecule has 264 valence electrons. The number of benzene rings is 4. The van der Waals surface area contributed by atoms with Crippen LogP contribution in [-0.4, -0.2) is 60.4 Å². The Kier molecular flexibility index (Phi) is 8.95. The fourth-order valence-corrected chi connectivity index (χ4v) is 5.79. The molecular weight excluding hydrogens is 672 g/mol. The summed E-state index contributed by atoms with van der Waals surface area (Å²) in [5.74, 6) is 0.197. The molecule has 0 aliphatic heterocycles. The van der Waals surface area contributed by atoms with E-state index >= 15 is 0 Å². The molecule has 0 atom stereocenters. The molecule has 3 heterocycles. The number of amides is 3. The van der Waals surface area contributed by atoms with Crippen LogP contribution in [0.25, 0.3) is 44.8 Å². The van der Waals surface area contributed by atoms with E-state index in [2.05, 4.69) is 35.9 Å². The van der Waals surface area contributed by atoms with Gasteiger partial charge in [0.05, 0.1) is 27.8 Å². The molecule has 0 unspecified atom stereocenters. The number of aromatic amines is 2. The van der Waals surface area contributed by atoms with Gasteiger partial charge in [-0.05, 0) is 78.9 Å². The minimum Gasteiger partial charge on any atom is -0.384 e. The third-order valence-corrected chi connectivity index (χ3v) is 8.58. The van der Waals surface area contributed by atoms with Crippen molar-refractivity contribution in [2.45, 2.75) is 6.42 Å². The molecule has 0 aliphatic carbocycles. The summed E-state index contributed by atoms with van der Waals surface area (Å²) >= 11 is 0. The lowest BCUT2D eigenvalue weighted by Gasteiger charge is -2.07. The van der Waals surface area contributed by atoms with E-state index in [1.807, 2.05) is 12.1 Å². The molecule has 0 saturated heterocycles. The Morgan fingerprint density at radius 2 is 1.21 bits per heavy atom. The highest BCUT2D eigenvalue weighted by atomic mass is 16.2. The average molecular weight is 707 g/mol. The largest absolute Gasteiger partial charge is 0.384 e. The van der Waals surface area contributed by atoms with Crippen molar-refractivity contribution in [3.05, 3.63) is 120 Å². The molecule has 0 aliphatic rings. The minimum absolute atomic E-state index is 0.0227. The Bertz CT molecular complexity index is 2560. The van der Waals surface area contributed by atoms with Crippen LogP contribution in [0.15, 0.2) is 97.2 Å². The zero-order chi connectivity index (χ0) is 37.2. The van der Waals surface area contributed by atoms with Gasteiger partial charge in [0, 0.05) is 59.7 Å². The number of anilines is 2. The number of H-pyrrole nitrogens is 2. The smallest absolute Gasteiger partial charge is 0.272 e. The summed E-state index contributed by atoms with van der Waals surface area (Å²) in [6.07, 6.45) is 1.66. The molecule has 11 N–H and O–H groups in total. The predicted molar refractivity (Wildman–Crippen MR) is 204 cm³/mol. The Morgan fingerprint density at radius 3 is 1.75 bits per heavy atom. The number of amidine groups is 2. The summed E-state index contributed by atoms with van der Waals surface area (Å²) in [5, 5.41) is 23.7. The number of hydrogen-bond acceptors (Lipinski definition) is 7. The van der Waals surface area contributed by atoms with Crippen molar-refractivity contribution in [3.63, 3.8) is 0 Å². The Labute approximate surface area is 301 Å². The maximum Gasteiger partial charge on any atom is 0.272 e. The van der Waals surface area contributed by atoms with Gasteiger partial charge in [-0.1, -0.05) is 12.1 Å². The maximum absolute atomic E-state index is 13.1. The monoisotopic (exact) mass is 706 g/mol. The van der Waals surface area contributed by atoms with Gasteiger partial charge >= 0.3 is 0 Å². The van der Waals surface area contributed by atoms with Crippen LogP contribution in [0.2, 0.25) is 0 Å². The molecular formula is C38H34N12O3. The summed E-state index contributed by atoms with van der Waals surface area (Å²) in [7, 11) is 1.71. The van der Waals surface area contributed by atoms with E-state index in [4.69, 9.17) is 22.3 Å². The number of hydrogen-bond donors (Lipinski definition) is 9. The topological polar surface area (TPSA) is 249 Å². The third kappa shape index (κ3) is 7.34. The number of nitrogen functional groups attached to an aromatic ring is 2. The number of fused-ring (bicyclic) bond motifs is 2. The molecule has 0 fully saturated rings. The van der Waals surface area contributed by atoms with Crippen LogP contribution in [0.4, 0.5) is 11.4 Å². The molecule has 3 aromatic heterocycles. The number of nitrogens with zero attached hydrogens (tertiary/aromatic N) is 3. The second kappa shape index (κ2) is 14.0. The third-order valence-electron chi connectivity index (χ3n) is 8.58. The first-order valence-corrected chi connectivity index (χ1v) is 16.5. The van der Waals surface area contributed by atoms with E-state index < -0.39 is 0 Å². The second-order valence-corrected chi connectivity index (χ2v) is 12.3. The highest BCUT2D eigenvalue weighted by molar-refractivity contribution is 6.05. The average Bonchev–Trinajstić information content (AvgIpc) is 3.87. The first-order valence-electron chi connectivity index (χ1n) is 16.5. The number of aromatic nitrogens is 5. The van der Waals surface area contributed by atoms with Crippen molar-refractivity contribution >= 4 is 62.8 Å². The van der Waals surface area contributed by atoms with Crippen molar-refractivity contribution in [2.75, 3.05) is 17.2 Å². The molecule has 7 aromatic rings. The zero-order valence-electron chi connectivity index (χ0n) is 28.4. The lowest BCUT2D eigenvalue weighted by molar-refractivity contribution is -0.116. The Balaban J connectivity index is 0.893. The molecule has 3 amide bonds. The van der Waals surface area contributed by atoms with Crippen LogP contribution in [0, 0.1) is 10.8 Å². The quantitative estimate of drug-likeness (QED) is 0.0677. The van der Waals surface area contributed by atoms with E-state index in [0.29, 0.717) is 45.4 Å². The highest BCUT2D eigenvalue weighted by Crippen LogP contribution is 2.25. The van der Waals surface area contributed by atoms with Crippen molar-refractivity contribution in [3.8, 4) is 22.8 Å². The predicted octanol–water partition coefficient (Wildman–Crippen LogP) is 4.69. The number of nitrogens with one attached hydrogen (secondary N) is 7. The van der Waals surface area contributed by atoms with Crippen LogP contribution in [0.1, 0.15) is 38.4 Å². The molecule has 0 saturated carbocycles. The van der Waals surface area contributed by atoms with Crippen LogP contribution in [0.5, 0.6) is 0 Å². The van der Waals surface area contributed by atoms with Gasteiger partial charge in [0.1, 0.15) is 29.0 Å². The maximum atomic E-state index is 13.1.